The Morgan fingerprint density at radius 3 is 3.11 bits per heavy atom. The smallest absolute Gasteiger partial charge is 0.130 e. The standard InChI is InChI=1S/C10H15BrN6O/c1-18-5-4-17-9(7(11)6-15-17)8(16-12)10-13-2-3-14-10/h2-3,6,8,16H,4-5,12H2,1H3,(H,13,14). The predicted octanol–water partition coefficient (Wildman–Crippen LogP) is 0.568. The first-order valence-electron chi connectivity index (χ1n) is 5.43. The molecule has 0 aliphatic heterocycles. The summed E-state index contributed by atoms with van der Waals surface area (Å²) in [7, 11) is 1.66. The molecule has 1 atom stereocenters. The van der Waals surface area contributed by atoms with Crippen molar-refractivity contribution < 1.29 is 4.74 Å². The van der Waals surface area contributed by atoms with Crippen LogP contribution in [0.3, 0.4) is 0 Å². The molecule has 0 aliphatic rings. The molecule has 8 heteroatoms. The molecule has 0 saturated heterocycles. The monoisotopic (exact) mass is 314 g/mol. The highest BCUT2D eigenvalue weighted by Gasteiger charge is 2.22. The van der Waals surface area contributed by atoms with Crippen molar-refractivity contribution in [2.45, 2.75) is 12.6 Å². The van der Waals surface area contributed by atoms with Crippen LogP contribution >= 0.6 is 15.9 Å². The molecule has 2 aromatic heterocycles. The van der Waals surface area contributed by atoms with Gasteiger partial charge in [-0.15, -0.1) is 0 Å². The summed E-state index contributed by atoms with van der Waals surface area (Å²) >= 11 is 3.47. The lowest BCUT2D eigenvalue weighted by atomic mass is 10.2. The van der Waals surface area contributed by atoms with Crippen molar-refractivity contribution in [3.63, 3.8) is 0 Å². The highest BCUT2D eigenvalue weighted by molar-refractivity contribution is 9.10. The number of hydrogen-bond acceptors (Lipinski definition) is 5. The molecule has 0 radical (unpaired) electrons. The lowest BCUT2D eigenvalue weighted by Crippen LogP contribution is -2.32. The van der Waals surface area contributed by atoms with E-state index in [0.717, 1.165) is 16.0 Å². The van der Waals surface area contributed by atoms with E-state index in [9.17, 15) is 0 Å². The molecule has 98 valence electrons. The summed E-state index contributed by atoms with van der Waals surface area (Å²) < 4.78 is 7.77. The second kappa shape index (κ2) is 6.10. The van der Waals surface area contributed by atoms with E-state index < -0.39 is 0 Å². The number of nitrogens with zero attached hydrogens (tertiary/aromatic N) is 3. The molecule has 1 unspecified atom stereocenters. The second-order valence-electron chi connectivity index (χ2n) is 3.67. The lowest BCUT2D eigenvalue weighted by Gasteiger charge is -2.16. The van der Waals surface area contributed by atoms with Gasteiger partial charge in [0, 0.05) is 19.5 Å². The topological polar surface area (TPSA) is 93.8 Å². The minimum Gasteiger partial charge on any atom is -0.383 e. The van der Waals surface area contributed by atoms with Crippen molar-refractivity contribution in [2.75, 3.05) is 13.7 Å². The van der Waals surface area contributed by atoms with Gasteiger partial charge in [-0.25, -0.2) is 10.4 Å². The van der Waals surface area contributed by atoms with Crippen LogP contribution in [0, 0.1) is 0 Å². The Kier molecular flexibility index (Phi) is 4.48. The maximum absolute atomic E-state index is 5.62. The van der Waals surface area contributed by atoms with E-state index in [0.29, 0.717) is 13.2 Å². The van der Waals surface area contributed by atoms with Crippen molar-refractivity contribution in [2.24, 2.45) is 5.84 Å². The molecule has 0 fully saturated rings. The molecule has 0 bridgehead atoms. The number of ether oxygens (including phenoxy) is 1. The molecule has 0 aliphatic carbocycles. The van der Waals surface area contributed by atoms with Crippen LogP contribution in [0.15, 0.2) is 23.1 Å². The number of H-pyrrole nitrogens is 1. The fourth-order valence-electron chi connectivity index (χ4n) is 1.74. The quantitative estimate of drug-likeness (QED) is 0.535. The molecule has 18 heavy (non-hydrogen) atoms. The Morgan fingerprint density at radius 2 is 2.50 bits per heavy atom. The van der Waals surface area contributed by atoms with Gasteiger partial charge in [0.1, 0.15) is 11.9 Å². The van der Waals surface area contributed by atoms with E-state index in [-0.39, 0.29) is 6.04 Å². The minimum absolute atomic E-state index is 0.256. The summed E-state index contributed by atoms with van der Waals surface area (Å²) in [5.74, 6) is 6.35. The molecular weight excluding hydrogens is 300 g/mol. The normalized spacial score (nSPS) is 12.8. The number of aromatic amines is 1. The highest BCUT2D eigenvalue weighted by Crippen LogP contribution is 2.26. The first-order chi connectivity index (χ1) is 8.77. The van der Waals surface area contributed by atoms with Gasteiger partial charge in [0.2, 0.25) is 0 Å². The first kappa shape index (κ1) is 13.2. The van der Waals surface area contributed by atoms with E-state index in [1.54, 1.807) is 25.7 Å². The van der Waals surface area contributed by atoms with Gasteiger partial charge >= 0.3 is 0 Å². The van der Waals surface area contributed by atoms with Crippen LogP contribution < -0.4 is 11.3 Å². The molecule has 0 saturated carbocycles. The van der Waals surface area contributed by atoms with Crippen molar-refractivity contribution in [3.8, 4) is 0 Å². The third-order valence-electron chi connectivity index (χ3n) is 2.57. The Bertz CT molecular complexity index is 483. The van der Waals surface area contributed by atoms with Crippen LogP contribution in [-0.4, -0.2) is 33.5 Å². The summed E-state index contributed by atoms with van der Waals surface area (Å²) in [6, 6.07) is -0.256. The number of hydrazine groups is 1. The number of halogens is 1. The van der Waals surface area contributed by atoms with Gasteiger partial charge in [0.05, 0.1) is 29.5 Å². The third-order valence-corrected chi connectivity index (χ3v) is 3.18. The molecule has 7 nitrogen and oxygen atoms in total. The Hall–Kier alpha value is -1.22. The molecule has 0 spiro atoms. The van der Waals surface area contributed by atoms with Gasteiger partial charge in [0.15, 0.2) is 0 Å². The SMILES string of the molecule is COCCn1ncc(Br)c1C(NN)c1ncc[nH]1. The Morgan fingerprint density at radius 1 is 1.67 bits per heavy atom. The number of imidazole rings is 1. The van der Waals surface area contributed by atoms with Gasteiger partial charge in [0.25, 0.3) is 0 Å². The van der Waals surface area contributed by atoms with Crippen molar-refractivity contribution >= 4 is 15.9 Å². The van der Waals surface area contributed by atoms with Gasteiger partial charge in [-0.2, -0.15) is 5.10 Å². The van der Waals surface area contributed by atoms with Crippen LogP contribution in [0.25, 0.3) is 0 Å². The van der Waals surface area contributed by atoms with Crippen LogP contribution in [0.1, 0.15) is 17.6 Å². The van der Waals surface area contributed by atoms with E-state index in [4.69, 9.17) is 10.6 Å². The molecule has 0 aromatic carbocycles. The van der Waals surface area contributed by atoms with Crippen molar-refractivity contribution in [1.82, 2.24) is 25.2 Å². The second-order valence-corrected chi connectivity index (χ2v) is 4.52. The molecular formula is C10H15BrN6O. The van der Waals surface area contributed by atoms with Gasteiger partial charge < -0.3 is 9.72 Å². The van der Waals surface area contributed by atoms with Gasteiger partial charge in [-0.1, -0.05) is 0 Å². The van der Waals surface area contributed by atoms with E-state index in [2.05, 4.69) is 36.4 Å². The van der Waals surface area contributed by atoms with Crippen LogP contribution in [-0.2, 0) is 11.3 Å². The molecule has 2 heterocycles. The fourth-order valence-corrected chi connectivity index (χ4v) is 2.26. The number of rotatable bonds is 6. The average molecular weight is 315 g/mol. The average Bonchev–Trinajstić information content (AvgIpc) is 3.00. The van der Waals surface area contributed by atoms with Crippen LogP contribution in [0.4, 0.5) is 0 Å². The van der Waals surface area contributed by atoms with Gasteiger partial charge in [-0.3, -0.25) is 10.5 Å². The number of methoxy groups -OCH3 is 1. The van der Waals surface area contributed by atoms with Crippen LogP contribution in [0.2, 0.25) is 0 Å². The summed E-state index contributed by atoms with van der Waals surface area (Å²) in [4.78, 5) is 7.25. The third kappa shape index (κ3) is 2.61. The molecule has 0 amide bonds. The lowest BCUT2D eigenvalue weighted by molar-refractivity contribution is 0.182. The largest absolute Gasteiger partial charge is 0.383 e. The minimum atomic E-state index is -0.256. The Balaban J connectivity index is 2.32. The van der Waals surface area contributed by atoms with Crippen molar-refractivity contribution in [1.29, 1.82) is 0 Å². The maximum Gasteiger partial charge on any atom is 0.130 e. The number of hydrogen-bond donors (Lipinski definition) is 3. The van der Waals surface area contributed by atoms with E-state index in [1.165, 1.54) is 0 Å². The van der Waals surface area contributed by atoms with E-state index in [1.807, 2.05) is 4.68 Å². The number of aromatic nitrogens is 4. The zero-order valence-corrected chi connectivity index (χ0v) is 11.5. The number of nitrogens with two attached hydrogens (primary N) is 1. The van der Waals surface area contributed by atoms with E-state index >= 15 is 0 Å². The van der Waals surface area contributed by atoms with Gasteiger partial charge in [-0.05, 0) is 15.9 Å². The molecule has 4 N–H and O–H groups in total. The number of nitrogens with one attached hydrogen (secondary N) is 2. The van der Waals surface area contributed by atoms with Crippen molar-refractivity contribution in [3.05, 3.63) is 34.6 Å². The zero-order valence-electron chi connectivity index (χ0n) is 9.93. The summed E-state index contributed by atoms with van der Waals surface area (Å²) in [6.07, 6.45) is 5.17. The molecule has 2 rings (SSSR count). The maximum atomic E-state index is 5.62. The predicted molar refractivity (Wildman–Crippen MR) is 69.6 cm³/mol. The summed E-state index contributed by atoms with van der Waals surface area (Å²) in [5.41, 5.74) is 3.65. The summed E-state index contributed by atoms with van der Waals surface area (Å²) in [6.45, 7) is 1.23. The van der Waals surface area contributed by atoms with Crippen LogP contribution in [0.5, 0.6) is 0 Å². The Labute approximate surface area is 113 Å². The highest BCUT2D eigenvalue weighted by atomic mass is 79.9. The zero-order chi connectivity index (χ0) is 13.0. The fraction of sp³-hybridized carbons (Fsp3) is 0.400. The first-order valence-corrected chi connectivity index (χ1v) is 6.22. The molecule has 2 aromatic rings. The summed E-state index contributed by atoms with van der Waals surface area (Å²) in [5, 5.41) is 4.28.